The lowest BCUT2D eigenvalue weighted by molar-refractivity contribution is 0.451. The van der Waals surface area contributed by atoms with Crippen molar-refractivity contribution in [2.24, 2.45) is 0 Å². The number of phenols is 3. The molecule has 0 fully saturated rings. The van der Waals surface area contributed by atoms with Crippen LogP contribution in [-0.2, 0) is 0 Å². The molecule has 3 nitrogen and oxygen atoms in total. The quantitative estimate of drug-likeness (QED) is 0.756. The Labute approximate surface area is 106 Å². The summed E-state index contributed by atoms with van der Waals surface area (Å²) >= 11 is 0. The molecule has 0 bridgehead atoms. The van der Waals surface area contributed by atoms with Crippen LogP contribution in [0.4, 0.5) is 0 Å². The minimum atomic E-state index is -0.0284. The SMILES string of the molecule is CC(C)c1ccc(O)c(-c2cc(O)cc(O)c2)c1. The number of phenolic OH excluding ortho intramolecular Hbond substituents is 3. The van der Waals surface area contributed by atoms with E-state index in [1.807, 2.05) is 12.1 Å². The van der Waals surface area contributed by atoms with Crippen molar-refractivity contribution in [2.45, 2.75) is 19.8 Å². The Morgan fingerprint density at radius 3 is 2.00 bits per heavy atom. The van der Waals surface area contributed by atoms with Crippen LogP contribution in [0.5, 0.6) is 17.2 Å². The predicted octanol–water partition coefficient (Wildman–Crippen LogP) is 3.59. The van der Waals surface area contributed by atoms with Crippen molar-refractivity contribution in [3.05, 3.63) is 42.0 Å². The summed E-state index contributed by atoms with van der Waals surface area (Å²) in [5.74, 6) is 0.415. The van der Waals surface area contributed by atoms with Gasteiger partial charge in [0.2, 0.25) is 0 Å². The zero-order valence-electron chi connectivity index (χ0n) is 10.4. The Hall–Kier alpha value is -2.16. The number of hydrogen-bond acceptors (Lipinski definition) is 3. The zero-order valence-corrected chi connectivity index (χ0v) is 10.4. The van der Waals surface area contributed by atoms with Gasteiger partial charge in [0.05, 0.1) is 0 Å². The van der Waals surface area contributed by atoms with Crippen molar-refractivity contribution in [3.8, 4) is 28.4 Å². The van der Waals surface area contributed by atoms with E-state index < -0.39 is 0 Å². The number of hydrogen-bond donors (Lipinski definition) is 3. The molecule has 0 aliphatic rings. The van der Waals surface area contributed by atoms with Gasteiger partial charge >= 0.3 is 0 Å². The van der Waals surface area contributed by atoms with Gasteiger partial charge in [-0.15, -0.1) is 0 Å². The molecule has 0 radical (unpaired) electrons. The maximum atomic E-state index is 9.89. The topological polar surface area (TPSA) is 60.7 Å². The molecule has 0 saturated carbocycles. The average molecular weight is 244 g/mol. The first-order chi connectivity index (χ1) is 8.47. The Kier molecular flexibility index (Phi) is 3.15. The molecule has 0 heterocycles. The Bertz CT molecular complexity index is 554. The van der Waals surface area contributed by atoms with Gasteiger partial charge < -0.3 is 15.3 Å². The molecule has 0 atom stereocenters. The molecule has 0 unspecified atom stereocenters. The summed E-state index contributed by atoms with van der Waals surface area (Å²) < 4.78 is 0. The lowest BCUT2D eigenvalue weighted by Gasteiger charge is -2.11. The predicted molar refractivity (Wildman–Crippen MR) is 71.0 cm³/mol. The number of benzene rings is 2. The third-order valence-electron chi connectivity index (χ3n) is 2.90. The van der Waals surface area contributed by atoms with Gasteiger partial charge in [-0.1, -0.05) is 19.9 Å². The fourth-order valence-electron chi connectivity index (χ4n) is 1.89. The van der Waals surface area contributed by atoms with Crippen LogP contribution in [-0.4, -0.2) is 15.3 Å². The summed E-state index contributed by atoms with van der Waals surface area (Å²) in [6.07, 6.45) is 0. The van der Waals surface area contributed by atoms with Crippen LogP contribution < -0.4 is 0 Å². The monoisotopic (exact) mass is 244 g/mol. The molecule has 2 aromatic carbocycles. The van der Waals surface area contributed by atoms with E-state index in [1.54, 1.807) is 6.07 Å². The van der Waals surface area contributed by atoms with E-state index in [0.29, 0.717) is 17.0 Å². The minimum absolute atomic E-state index is 0.0284. The van der Waals surface area contributed by atoms with Crippen molar-refractivity contribution in [1.29, 1.82) is 0 Å². The fourth-order valence-corrected chi connectivity index (χ4v) is 1.89. The molecule has 0 saturated heterocycles. The van der Waals surface area contributed by atoms with Crippen molar-refractivity contribution in [2.75, 3.05) is 0 Å². The van der Waals surface area contributed by atoms with E-state index in [0.717, 1.165) is 5.56 Å². The van der Waals surface area contributed by atoms with E-state index in [1.165, 1.54) is 18.2 Å². The van der Waals surface area contributed by atoms with Gasteiger partial charge in [-0.3, -0.25) is 0 Å². The third kappa shape index (κ3) is 2.40. The summed E-state index contributed by atoms with van der Waals surface area (Å²) in [5.41, 5.74) is 2.28. The molecule has 0 spiro atoms. The molecule has 0 aliphatic heterocycles. The maximum absolute atomic E-state index is 9.89. The first kappa shape index (κ1) is 12.3. The van der Waals surface area contributed by atoms with Crippen molar-refractivity contribution >= 4 is 0 Å². The van der Waals surface area contributed by atoms with Crippen LogP contribution in [0.15, 0.2) is 36.4 Å². The highest BCUT2D eigenvalue weighted by Gasteiger charge is 2.09. The van der Waals surface area contributed by atoms with E-state index in [9.17, 15) is 15.3 Å². The highest BCUT2D eigenvalue weighted by molar-refractivity contribution is 5.73. The first-order valence-electron chi connectivity index (χ1n) is 5.83. The lowest BCUT2D eigenvalue weighted by atomic mass is 9.96. The largest absolute Gasteiger partial charge is 0.508 e. The lowest BCUT2D eigenvalue weighted by Crippen LogP contribution is -1.88. The molecular formula is C15H16O3. The first-order valence-corrected chi connectivity index (χ1v) is 5.83. The number of aromatic hydroxyl groups is 3. The standard InChI is InChI=1S/C15H16O3/c1-9(2)10-3-4-15(18)14(7-10)11-5-12(16)8-13(17)6-11/h3-9,16-18H,1-2H3. The molecule has 3 heteroatoms. The molecular weight excluding hydrogens is 228 g/mol. The van der Waals surface area contributed by atoms with Gasteiger partial charge in [0.1, 0.15) is 17.2 Å². The van der Waals surface area contributed by atoms with E-state index >= 15 is 0 Å². The van der Waals surface area contributed by atoms with Gasteiger partial charge in [0, 0.05) is 11.6 Å². The Balaban J connectivity index is 2.58. The van der Waals surface area contributed by atoms with Crippen molar-refractivity contribution in [3.63, 3.8) is 0 Å². The molecule has 2 rings (SSSR count). The highest BCUT2D eigenvalue weighted by Crippen LogP contribution is 2.35. The zero-order chi connectivity index (χ0) is 13.3. The summed E-state index contributed by atoms with van der Waals surface area (Å²) in [5, 5.41) is 28.9. The summed E-state index contributed by atoms with van der Waals surface area (Å²) in [4.78, 5) is 0. The normalized spacial score (nSPS) is 10.8. The average Bonchev–Trinajstić information content (AvgIpc) is 2.27. The summed E-state index contributed by atoms with van der Waals surface area (Å²) in [7, 11) is 0. The van der Waals surface area contributed by atoms with Crippen LogP contribution in [0, 0.1) is 0 Å². The van der Waals surface area contributed by atoms with Crippen LogP contribution in [0.25, 0.3) is 11.1 Å². The summed E-state index contributed by atoms with van der Waals surface area (Å²) in [6.45, 7) is 4.13. The summed E-state index contributed by atoms with van der Waals surface area (Å²) in [6, 6.07) is 9.65. The second-order valence-corrected chi connectivity index (χ2v) is 4.67. The van der Waals surface area contributed by atoms with Crippen molar-refractivity contribution < 1.29 is 15.3 Å². The van der Waals surface area contributed by atoms with Gasteiger partial charge in [-0.2, -0.15) is 0 Å². The molecule has 94 valence electrons. The van der Waals surface area contributed by atoms with Gasteiger partial charge in [0.15, 0.2) is 0 Å². The van der Waals surface area contributed by atoms with E-state index in [2.05, 4.69) is 13.8 Å². The maximum Gasteiger partial charge on any atom is 0.123 e. The third-order valence-corrected chi connectivity index (χ3v) is 2.90. The Morgan fingerprint density at radius 2 is 1.44 bits per heavy atom. The smallest absolute Gasteiger partial charge is 0.123 e. The van der Waals surface area contributed by atoms with Crippen LogP contribution in [0.3, 0.4) is 0 Å². The highest BCUT2D eigenvalue weighted by atomic mass is 16.3. The molecule has 0 aromatic heterocycles. The number of rotatable bonds is 2. The van der Waals surface area contributed by atoms with Crippen molar-refractivity contribution in [1.82, 2.24) is 0 Å². The van der Waals surface area contributed by atoms with E-state index in [-0.39, 0.29) is 17.2 Å². The Morgan fingerprint density at radius 1 is 0.833 bits per heavy atom. The fraction of sp³-hybridized carbons (Fsp3) is 0.200. The molecule has 18 heavy (non-hydrogen) atoms. The van der Waals surface area contributed by atoms with E-state index in [4.69, 9.17) is 0 Å². The molecule has 3 N–H and O–H groups in total. The van der Waals surface area contributed by atoms with Gasteiger partial charge in [-0.05, 0) is 41.3 Å². The second-order valence-electron chi connectivity index (χ2n) is 4.67. The van der Waals surface area contributed by atoms with Crippen LogP contribution in [0.1, 0.15) is 25.3 Å². The van der Waals surface area contributed by atoms with Gasteiger partial charge in [-0.25, -0.2) is 0 Å². The van der Waals surface area contributed by atoms with Gasteiger partial charge in [0.25, 0.3) is 0 Å². The van der Waals surface area contributed by atoms with Crippen LogP contribution in [0.2, 0.25) is 0 Å². The molecule has 0 amide bonds. The van der Waals surface area contributed by atoms with Crippen LogP contribution >= 0.6 is 0 Å². The molecule has 0 aliphatic carbocycles. The molecule has 2 aromatic rings. The second kappa shape index (κ2) is 4.61. The minimum Gasteiger partial charge on any atom is -0.508 e.